The zero-order valence-electron chi connectivity index (χ0n) is 10.5. The molecule has 0 aliphatic rings. The normalized spacial score (nSPS) is 14.8. The Bertz CT molecular complexity index is 384. The van der Waals surface area contributed by atoms with Gasteiger partial charge < -0.3 is 10.5 Å². The zero-order valence-corrected chi connectivity index (χ0v) is 12.1. The third kappa shape index (κ3) is 3.42. The summed E-state index contributed by atoms with van der Waals surface area (Å²) in [7, 11) is 1.60. The van der Waals surface area contributed by atoms with Crippen molar-refractivity contribution in [2.75, 3.05) is 13.7 Å². The molecule has 0 heterocycles. The highest BCUT2D eigenvalue weighted by Crippen LogP contribution is 2.30. The Hall–Kier alpha value is -0.610. The summed E-state index contributed by atoms with van der Waals surface area (Å²) < 4.78 is 20.4. The molecule has 2 nitrogen and oxygen atoms in total. The van der Waals surface area contributed by atoms with E-state index in [9.17, 15) is 4.39 Å². The van der Waals surface area contributed by atoms with Gasteiger partial charge in [-0.1, -0.05) is 19.9 Å². The summed E-state index contributed by atoms with van der Waals surface area (Å²) >= 11 is 3.40. The van der Waals surface area contributed by atoms with Gasteiger partial charge in [-0.25, -0.2) is 4.39 Å². The van der Waals surface area contributed by atoms with Gasteiger partial charge in [0.15, 0.2) is 0 Å². The molecular weight excluding hydrogens is 285 g/mol. The zero-order chi connectivity index (χ0) is 13.1. The summed E-state index contributed by atoms with van der Waals surface area (Å²) in [5.74, 6) is 0.642. The van der Waals surface area contributed by atoms with Crippen LogP contribution in [0.5, 0.6) is 5.75 Å². The third-order valence-electron chi connectivity index (χ3n) is 3.09. The van der Waals surface area contributed by atoms with E-state index in [1.807, 2.05) is 32.0 Å². The monoisotopic (exact) mass is 303 g/mol. The van der Waals surface area contributed by atoms with Gasteiger partial charge in [0, 0.05) is 13.0 Å². The van der Waals surface area contributed by atoms with E-state index < -0.39 is 5.67 Å². The fraction of sp³-hybridized carbons (Fsp3) is 0.538. The number of hydrogen-bond acceptors (Lipinski definition) is 2. The first-order valence-electron chi connectivity index (χ1n) is 5.64. The van der Waals surface area contributed by atoms with Gasteiger partial charge in [0.1, 0.15) is 11.4 Å². The molecule has 0 fully saturated rings. The molecule has 1 aromatic rings. The van der Waals surface area contributed by atoms with Crippen molar-refractivity contribution >= 4 is 15.9 Å². The van der Waals surface area contributed by atoms with Gasteiger partial charge in [0.05, 0.1) is 11.6 Å². The van der Waals surface area contributed by atoms with E-state index in [4.69, 9.17) is 10.5 Å². The molecule has 1 aromatic carbocycles. The molecule has 0 aromatic heterocycles. The molecule has 0 spiro atoms. The second kappa shape index (κ2) is 5.83. The van der Waals surface area contributed by atoms with Crippen LogP contribution in [0.4, 0.5) is 4.39 Å². The minimum atomic E-state index is -1.35. The highest BCUT2D eigenvalue weighted by atomic mass is 79.9. The molecule has 4 heteroatoms. The summed E-state index contributed by atoms with van der Waals surface area (Å²) in [6, 6.07) is 5.58. The Morgan fingerprint density at radius 3 is 2.53 bits per heavy atom. The van der Waals surface area contributed by atoms with Crippen LogP contribution in [0.3, 0.4) is 0 Å². The number of ether oxygens (including phenoxy) is 1. The largest absolute Gasteiger partial charge is 0.496 e. The summed E-state index contributed by atoms with van der Waals surface area (Å²) in [6.45, 7) is 3.74. The summed E-state index contributed by atoms with van der Waals surface area (Å²) in [5.41, 5.74) is 5.10. The van der Waals surface area contributed by atoms with Crippen molar-refractivity contribution in [2.24, 2.45) is 11.7 Å². The molecule has 1 unspecified atom stereocenters. The molecule has 1 atom stereocenters. The van der Waals surface area contributed by atoms with Gasteiger partial charge in [-0.05, 0) is 39.5 Å². The maximum atomic E-state index is 14.5. The molecule has 0 aliphatic heterocycles. The van der Waals surface area contributed by atoms with Gasteiger partial charge in [0.2, 0.25) is 0 Å². The van der Waals surface area contributed by atoms with Gasteiger partial charge >= 0.3 is 0 Å². The standard InChI is InChI=1S/C13H19BrFNO/c1-9(2)13(15,8-16)7-10-4-5-12(17-3)11(14)6-10/h4-6,9H,7-8,16H2,1-3H3. The Kier molecular flexibility index (Phi) is 4.95. The summed E-state index contributed by atoms with van der Waals surface area (Å²) in [4.78, 5) is 0. The lowest BCUT2D eigenvalue weighted by molar-refractivity contribution is 0.110. The lowest BCUT2D eigenvalue weighted by Crippen LogP contribution is -2.40. The fourth-order valence-electron chi connectivity index (χ4n) is 1.67. The van der Waals surface area contributed by atoms with Crippen LogP contribution in [0.25, 0.3) is 0 Å². The number of rotatable bonds is 5. The smallest absolute Gasteiger partial charge is 0.133 e. The first-order chi connectivity index (χ1) is 7.92. The van der Waals surface area contributed by atoms with E-state index in [2.05, 4.69) is 15.9 Å². The number of nitrogens with two attached hydrogens (primary N) is 1. The molecule has 96 valence electrons. The Labute approximate surface area is 110 Å². The van der Waals surface area contributed by atoms with Crippen LogP contribution in [-0.2, 0) is 6.42 Å². The molecule has 0 amide bonds. The van der Waals surface area contributed by atoms with E-state index in [-0.39, 0.29) is 12.5 Å². The van der Waals surface area contributed by atoms with Crippen LogP contribution < -0.4 is 10.5 Å². The van der Waals surface area contributed by atoms with E-state index in [1.54, 1.807) is 7.11 Å². The molecule has 2 N–H and O–H groups in total. The number of hydrogen-bond donors (Lipinski definition) is 1. The van der Waals surface area contributed by atoms with Crippen molar-refractivity contribution in [3.05, 3.63) is 28.2 Å². The average molecular weight is 304 g/mol. The van der Waals surface area contributed by atoms with E-state index in [1.165, 1.54) is 0 Å². The fourth-order valence-corrected chi connectivity index (χ4v) is 2.26. The van der Waals surface area contributed by atoms with E-state index in [0.29, 0.717) is 6.42 Å². The summed E-state index contributed by atoms with van der Waals surface area (Å²) in [6.07, 6.45) is 0.323. The quantitative estimate of drug-likeness (QED) is 0.905. The SMILES string of the molecule is COc1ccc(CC(F)(CN)C(C)C)cc1Br. The predicted molar refractivity (Wildman–Crippen MR) is 72.1 cm³/mol. The Morgan fingerprint density at radius 1 is 1.47 bits per heavy atom. The van der Waals surface area contributed by atoms with Crippen LogP contribution in [0.15, 0.2) is 22.7 Å². The first-order valence-corrected chi connectivity index (χ1v) is 6.43. The van der Waals surface area contributed by atoms with Crippen molar-refractivity contribution in [3.8, 4) is 5.75 Å². The second-order valence-corrected chi connectivity index (χ2v) is 5.39. The van der Waals surface area contributed by atoms with E-state index in [0.717, 1.165) is 15.8 Å². The molecule has 17 heavy (non-hydrogen) atoms. The predicted octanol–water partition coefficient (Wildman–Crippen LogP) is 3.32. The number of methoxy groups -OCH3 is 1. The van der Waals surface area contributed by atoms with Crippen LogP contribution in [-0.4, -0.2) is 19.3 Å². The lowest BCUT2D eigenvalue weighted by Gasteiger charge is -2.28. The highest BCUT2D eigenvalue weighted by molar-refractivity contribution is 9.10. The van der Waals surface area contributed by atoms with Gasteiger partial charge in [-0.15, -0.1) is 0 Å². The maximum absolute atomic E-state index is 14.5. The highest BCUT2D eigenvalue weighted by Gasteiger charge is 2.32. The van der Waals surface area contributed by atoms with Crippen molar-refractivity contribution < 1.29 is 9.13 Å². The average Bonchev–Trinajstić information content (AvgIpc) is 2.29. The van der Waals surface area contributed by atoms with Crippen LogP contribution >= 0.6 is 15.9 Å². The van der Waals surface area contributed by atoms with Crippen molar-refractivity contribution in [3.63, 3.8) is 0 Å². The molecular formula is C13H19BrFNO. The van der Waals surface area contributed by atoms with Crippen molar-refractivity contribution in [1.29, 1.82) is 0 Å². The first kappa shape index (κ1) is 14.5. The lowest BCUT2D eigenvalue weighted by atomic mass is 9.86. The van der Waals surface area contributed by atoms with Gasteiger partial charge in [0.25, 0.3) is 0 Å². The van der Waals surface area contributed by atoms with Gasteiger partial charge in [-0.2, -0.15) is 0 Å². The van der Waals surface area contributed by atoms with Crippen LogP contribution in [0, 0.1) is 5.92 Å². The van der Waals surface area contributed by atoms with Crippen LogP contribution in [0.2, 0.25) is 0 Å². The van der Waals surface area contributed by atoms with Crippen molar-refractivity contribution in [1.82, 2.24) is 0 Å². The number of benzene rings is 1. The van der Waals surface area contributed by atoms with E-state index >= 15 is 0 Å². The molecule has 0 saturated heterocycles. The van der Waals surface area contributed by atoms with Gasteiger partial charge in [-0.3, -0.25) is 0 Å². The molecule has 0 aliphatic carbocycles. The third-order valence-corrected chi connectivity index (χ3v) is 3.71. The number of alkyl halides is 1. The Balaban J connectivity index is 2.91. The number of halogens is 2. The molecule has 0 bridgehead atoms. The molecule has 0 radical (unpaired) electrons. The Morgan fingerprint density at radius 2 is 2.12 bits per heavy atom. The topological polar surface area (TPSA) is 35.2 Å². The van der Waals surface area contributed by atoms with Crippen LogP contribution in [0.1, 0.15) is 19.4 Å². The minimum absolute atomic E-state index is 0.0360. The maximum Gasteiger partial charge on any atom is 0.133 e. The van der Waals surface area contributed by atoms with Crippen molar-refractivity contribution in [2.45, 2.75) is 25.9 Å². The minimum Gasteiger partial charge on any atom is -0.496 e. The second-order valence-electron chi connectivity index (χ2n) is 4.54. The molecule has 0 saturated carbocycles. The molecule has 1 rings (SSSR count). The summed E-state index contributed by atoms with van der Waals surface area (Å²) in [5, 5.41) is 0.